The maximum atomic E-state index is 10.3. The Bertz CT molecular complexity index is 515. The van der Waals surface area contributed by atoms with Crippen LogP contribution < -0.4 is 0 Å². The van der Waals surface area contributed by atoms with Gasteiger partial charge in [-0.25, -0.2) is 0 Å². The predicted molar refractivity (Wildman–Crippen MR) is 78.6 cm³/mol. The Labute approximate surface area is 123 Å². The predicted octanol–water partition coefficient (Wildman–Crippen LogP) is 4.84. The molecule has 0 fully saturated rings. The summed E-state index contributed by atoms with van der Waals surface area (Å²) < 4.78 is 6.86. The van der Waals surface area contributed by atoms with E-state index in [4.69, 9.17) is 4.42 Å². The van der Waals surface area contributed by atoms with Crippen LogP contribution in [0.15, 0.2) is 43.9 Å². The summed E-state index contributed by atoms with van der Waals surface area (Å²) in [6, 6.07) is 9.76. The molecule has 1 N–H and O–H groups in total. The molecular formula is C14H14Br2O2. The highest BCUT2D eigenvalue weighted by Gasteiger charge is 2.17. The van der Waals surface area contributed by atoms with Crippen LogP contribution in [0.5, 0.6) is 0 Å². The van der Waals surface area contributed by atoms with E-state index in [0.29, 0.717) is 10.4 Å². The molecule has 1 atom stereocenters. The highest BCUT2D eigenvalue weighted by Crippen LogP contribution is 2.32. The molecule has 0 saturated heterocycles. The van der Waals surface area contributed by atoms with Crippen LogP contribution in [-0.2, 0) is 6.42 Å². The van der Waals surface area contributed by atoms with E-state index in [9.17, 15) is 5.11 Å². The standard InChI is InChI=1S/C14H14Br2O2/c1-2-4-9-5-3-6-10(7-9)13(17)12-8-11(15)14(16)18-12/h3,5-8,13,17H,2,4H2,1H3. The quantitative estimate of drug-likeness (QED) is 0.831. The van der Waals surface area contributed by atoms with Crippen LogP contribution in [0.4, 0.5) is 0 Å². The summed E-state index contributed by atoms with van der Waals surface area (Å²) in [4.78, 5) is 0. The Morgan fingerprint density at radius 1 is 1.28 bits per heavy atom. The third-order valence-electron chi connectivity index (χ3n) is 2.74. The van der Waals surface area contributed by atoms with Crippen LogP contribution in [0.25, 0.3) is 0 Å². The van der Waals surface area contributed by atoms with E-state index in [0.717, 1.165) is 22.9 Å². The molecule has 0 aliphatic carbocycles. The highest BCUT2D eigenvalue weighted by atomic mass is 79.9. The van der Waals surface area contributed by atoms with Crippen molar-refractivity contribution in [1.29, 1.82) is 0 Å². The largest absolute Gasteiger partial charge is 0.450 e. The summed E-state index contributed by atoms with van der Waals surface area (Å²) in [6.07, 6.45) is 1.38. The Morgan fingerprint density at radius 2 is 2.06 bits per heavy atom. The fourth-order valence-electron chi connectivity index (χ4n) is 1.87. The number of benzene rings is 1. The van der Waals surface area contributed by atoms with Gasteiger partial charge in [0.2, 0.25) is 0 Å². The lowest BCUT2D eigenvalue weighted by atomic mass is 10.0. The van der Waals surface area contributed by atoms with Crippen molar-refractivity contribution >= 4 is 31.9 Å². The molecule has 0 radical (unpaired) electrons. The van der Waals surface area contributed by atoms with Crippen LogP contribution in [0.3, 0.4) is 0 Å². The maximum absolute atomic E-state index is 10.3. The van der Waals surface area contributed by atoms with Gasteiger partial charge >= 0.3 is 0 Å². The minimum Gasteiger partial charge on any atom is -0.450 e. The van der Waals surface area contributed by atoms with Gasteiger partial charge < -0.3 is 9.52 Å². The highest BCUT2D eigenvalue weighted by molar-refractivity contribution is 9.13. The van der Waals surface area contributed by atoms with Crippen LogP contribution in [0.2, 0.25) is 0 Å². The van der Waals surface area contributed by atoms with Gasteiger partial charge in [-0.15, -0.1) is 0 Å². The number of furan rings is 1. The molecule has 0 aliphatic heterocycles. The number of aliphatic hydroxyl groups is 1. The van der Waals surface area contributed by atoms with Crippen molar-refractivity contribution in [3.63, 3.8) is 0 Å². The molecule has 2 nitrogen and oxygen atoms in total. The van der Waals surface area contributed by atoms with E-state index in [1.807, 2.05) is 18.2 Å². The number of aliphatic hydroxyl groups excluding tert-OH is 1. The van der Waals surface area contributed by atoms with E-state index in [-0.39, 0.29) is 0 Å². The fourth-order valence-corrected chi connectivity index (χ4v) is 2.48. The zero-order chi connectivity index (χ0) is 13.1. The zero-order valence-corrected chi connectivity index (χ0v) is 13.2. The molecule has 1 unspecified atom stereocenters. The van der Waals surface area contributed by atoms with Crippen molar-refractivity contribution in [3.05, 3.63) is 56.4 Å². The van der Waals surface area contributed by atoms with Gasteiger partial charge in [0.15, 0.2) is 4.67 Å². The van der Waals surface area contributed by atoms with E-state index in [1.165, 1.54) is 5.56 Å². The van der Waals surface area contributed by atoms with E-state index >= 15 is 0 Å². The number of rotatable bonds is 4. The molecule has 1 aromatic heterocycles. The first-order valence-electron chi connectivity index (χ1n) is 5.83. The SMILES string of the molecule is CCCc1cccc(C(O)c2cc(Br)c(Br)o2)c1. The Hall–Kier alpha value is -0.580. The van der Waals surface area contributed by atoms with Gasteiger partial charge in [-0.1, -0.05) is 37.6 Å². The fraction of sp³-hybridized carbons (Fsp3) is 0.286. The summed E-state index contributed by atoms with van der Waals surface area (Å²) in [6.45, 7) is 2.14. The Morgan fingerprint density at radius 3 is 2.67 bits per heavy atom. The summed E-state index contributed by atoms with van der Waals surface area (Å²) >= 11 is 6.62. The van der Waals surface area contributed by atoms with Crippen LogP contribution >= 0.6 is 31.9 Å². The second kappa shape index (κ2) is 6.04. The molecule has 0 bridgehead atoms. The maximum Gasteiger partial charge on any atom is 0.183 e. The van der Waals surface area contributed by atoms with Crippen LogP contribution in [-0.4, -0.2) is 5.11 Å². The summed E-state index contributed by atoms with van der Waals surface area (Å²) in [5.74, 6) is 0.530. The average Bonchev–Trinajstić information content (AvgIpc) is 2.69. The molecule has 0 spiro atoms. The van der Waals surface area contributed by atoms with Crippen molar-refractivity contribution in [2.45, 2.75) is 25.9 Å². The monoisotopic (exact) mass is 372 g/mol. The van der Waals surface area contributed by atoms with Crippen molar-refractivity contribution in [2.24, 2.45) is 0 Å². The molecule has 4 heteroatoms. The van der Waals surface area contributed by atoms with Crippen LogP contribution in [0.1, 0.15) is 36.3 Å². The minimum absolute atomic E-state index is 0.530. The minimum atomic E-state index is -0.732. The topological polar surface area (TPSA) is 33.4 Å². The summed E-state index contributed by atoms with van der Waals surface area (Å²) in [5.41, 5.74) is 2.09. The van der Waals surface area contributed by atoms with E-state index in [1.54, 1.807) is 6.07 Å². The van der Waals surface area contributed by atoms with Gasteiger partial charge in [-0.05, 0) is 55.5 Å². The molecule has 0 saturated carbocycles. The van der Waals surface area contributed by atoms with Crippen molar-refractivity contribution in [2.75, 3.05) is 0 Å². The zero-order valence-electron chi connectivity index (χ0n) is 9.99. The van der Waals surface area contributed by atoms with Crippen molar-refractivity contribution in [1.82, 2.24) is 0 Å². The van der Waals surface area contributed by atoms with Crippen molar-refractivity contribution < 1.29 is 9.52 Å². The van der Waals surface area contributed by atoms with Gasteiger partial charge in [0, 0.05) is 0 Å². The van der Waals surface area contributed by atoms with Gasteiger partial charge in [-0.2, -0.15) is 0 Å². The molecule has 0 amide bonds. The van der Waals surface area contributed by atoms with E-state index in [2.05, 4.69) is 44.8 Å². The smallest absolute Gasteiger partial charge is 0.183 e. The number of hydrogen-bond donors (Lipinski definition) is 1. The summed E-state index contributed by atoms with van der Waals surface area (Å²) in [5, 5.41) is 10.3. The first-order chi connectivity index (χ1) is 8.61. The van der Waals surface area contributed by atoms with Gasteiger partial charge in [0.25, 0.3) is 0 Å². The average molecular weight is 374 g/mol. The number of halogens is 2. The molecule has 96 valence electrons. The Balaban J connectivity index is 2.27. The molecule has 1 aromatic carbocycles. The first-order valence-corrected chi connectivity index (χ1v) is 7.42. The second-order valence-electron chi connectivity index (χ2n) is 4.17. The number of aryl methyl sites for hydroxylation is 1. The van der Waals surface area contributed by atoms with Gasteiger partial charge in [0.1, 0.15) is 11.9 Å². The normalized spacial score (nSPS) is 12.7. The van der Waals surface area contributed by atoms with E-state index < -0.39 is 6.10 Å². The Kier molecular flexibility index (Phi) is 4.65. The lowest BCUT2D eigenvalue weighted by Gasteiger charge is -2.09. The summed E-state index contributed by atoms with van der Waals surface area (Å²) in [7, 11) is 0. The lowest BCUT2D eigenvalue weighted by Crippen LogP contribution is -1.99. The molecule has 1 heterocycles. The second-order valence-corrected chi connectivity index (χ2v) is 5.74. The van der Waals surface area contributed by atoms with Crippen LogP contribution in [0, 0.1) is 0 Å². The molecule has 2 aromatic rings. The van der Waals surface area contributed by atoms with Gasteiger partial charge in [0.05, 0.1) is 4.47 Å². The third kappa shape index (κ3) is 3.05. The molecule has 0 aliphatic rings. The molecule has 18 heavy (non-hydrogen) atoms. The first kappa shape index (κ1) is 13.8. The van der Waals surface area contributed by atoms with Gasteiger partial charge in [-0.3, -0.25) is 0 Å². The molecular weight excluding hydrogens is 360 g/mol. The van der Waals surface area contributed by atoms with Crippen molar-refractivity contribution in [3.8, 4) is 0 Å². The number of hydrogen-bond acceptors (Lipinski definition) is 2. The molecule has 2 rings (SSSR count). The lowest BCUT2D eigenvalue weighted by molar-refractivity contribution is 0.187. The third-order valence-corrected chi connectivity index (χ3v) is 4.45.